The number of carbonyl (C=O) groups is 2. The zero-order valence-electron chi connectivity index (χ0n) is 15.2. The van der Waals surface area contributed by atoms with Gasteiger partial charge in [0, 0.05) is 10.9 Å². The molecule has 0 unspecified atom stereocenters. The zero-order valence-corrected chi connectivity index (χ0v) is 16.0. The Labute approximate surface area is 161 Å². The molecular weight excluding hydrogens is 364 g/mol. The molecule has 2 aliphatic rings. The molecule has 1 aromatic carbocycles. The van der Waals surface area contributed by atoms with Crippen molar-refractivity contribution >= 4 is 28.3 Å². The van der Waals surface area contributed by atoms with Crippen molar-refractivity contribution in [2.75, 3.05) is 5.32 Å². The van der Waals surface area contributed by atoms with E-state index in [4.69, 9.17) is 4.74 Å². The number of hydrogen-bond donors (Lipinski definition) is 2. The lowest BCUT2D eigenvalue weighted by atomic mass is 9.79. The van der Waals surface area contributed by atoms with Crippen LogP contribution in [-0.2, 0) is 14.3 Å². The predicted octanol–water partition coefficient (Wildman–Crippen LogP) is 3.75. The normalized spacial score (nSPS) is 26.5. The minimum absolute atomic E-state index is 0.306. The average Bonchev–Trinajstić information content (AvgIpc) is 3.37. The Morgan fingerprint density at radius 1 is 1.19 bits per heavy atom. The summed E-state index contributed by atoms with van der Waals surface area (Å²) in [6, 6.07) is 8.23. The summed E-state index contributed by atoms with van der Waals surface area (Å²) in [5.41, 5.74) is 3.05. The first-order chi connectivity index (χ1) is 12.9. The van der Waals surface area contributed by atoms with Gasteiger partial charge in [-0.1, -0.05) is 38.1 Å². The van der Waals surface area contributed by atoms with Gasteiger partial charge in [-0.2, -0.15) is 0 Å². The van der Waals surface area contributed by atoms with E-state index in [9.17, 15) is 14.7 Å². The topological polar surface area (TPSA) is 88.5 Å². The van der Waals surface area contributed by atoms with E-state index in [2.05, 4.69) is 36.3 Å². The SMILES string of the molecule is CC(C)c1ccc(-c2csc(NC(=O)[C@H]3[C@@H](C(=O)O)[C@@H]4CC[C@@H]3O4)n2)cc1. The van der Waals surface area contributed by atoms with Crippen LogP contribution in [0.5, 0.6) is 0 Å². The van der Waals surface area contributed by atoms with Crippen molar-refractivity contribution in [1.29, 1.82) is 0 Å². The number of carboxylic acid groups (broad SMARTS) is 1. The van der Waals surface area contributed by atoms with Crippen molar-refractivity contribution in [3.05, 3.63) is 35.2 Å². The largest absolute Gasteiger partial charge is 0.481 e. The molecule has 3 heterocycles. The van der Waals surface area contributed by atoms with E-state index in [1.54, 1.807) is 0 Å². The van der Waals surface area contributed by atoms with Gasteiger partial charge in [0.1, 0.15) is 0 Å². The van der Waals surface area contributed by atoms with Crippen LogP contribution in [0.4, 0.5) is 5.13 Å². The maximum atomic E-state index is 12.7. The molecule has 2 bridgehead atoms. The fourth-order valence-corrected chi connectivity index (χ4v) is 4.74. The lowest BCUT2D eigenvalue weighted by Gasteiger charge is -2.23. The maximum absolute atomic E-state index is 12.7. The van der Waals surface area contributed by atoms with Crippen LogP contribution in [0.3, 0.4) is 0 Å². The first-order valence-corrected chi connectivity index (χ1v) is 10.1. The Morgan fingerprint density at radius 3 is 2.48 bits per heavy atom. The van der Waals surface area contributed by atoms with Gasteiger partial charge in [-0.25, -0.2) is 4.98 Å². The fourth-order valence-electron chi connectivity index (χ4n) is 4.02. The highest BCUT2D eigenvalue weighted by molar-refractivity contribution is 7.14. The van der Waals surface area contributed by atoms with Crippen LogP contribution in [0.1, 0.15) is 38.2 Å². The van der Waals surface area contributed by atoms with Gasteiger partial charge < -0.3 is 15.2 Å². The molecule has 142 valence electrons. The van der Waals surface area contributed by atoms with Crippen LogP contribution in [-0.4, -0.2) is 34.2 Å². The summed E-state index contributed by atoms with van der Waals surface area (Å²) in [6.07, 6.45) is 0.783. The number of ether oxygens (including phenoxy) is 1. The van der Waals surface area contributed by atoms with Gasteiger partial charge >= 0.3 is 5.97 Å². The highest BCUT2D eigenvalue weighted by Gasteiger charge is 2.55. The minimum atomic E-state index is -0.965. The Hall–Kier alpha value is -2.25. The zero-order chi connectivity index (χ0) is 19.1. The third kappa shape index (κ3) is 3.37. The molecule has 7 heteroatoms. The number of aliphatic carboxylic acids is 1. The van der Waals surface area contributed by atoms with Crippen molar-refractivity contribution in [3.63, 3.8) is 0 Å². The lowest BCUT2D eigenvalue weighted by Crippen LogP contribution is -2.40. The Morgan fingerprint density at radius 2 is 1.85 bits per heavy atom. The predicted molar refractivity (Wildman–Crippen MR) is 103 cm³/mol. The van der Waals surface area contributed by atoms with Gasteiger partial charge in [-0.3, -0.25) is 9.59 Å². The second kappa shape index (κ2) is 7.05. The maximum Gasteiger partial charge on any atom is 0.310 e. The second-order valence-corrected chi connectivity index (χ2v) is 8.34. The number of anilines is 1. The van der Waals surface area contributed by atoms with Gasteiger partial charge in [0.2, 0.25) is 5.91 Å². The van der Waals surface area contributed by atoms with E-state index < -0.39 is 17.8 Å². The number of nitrogens with zero attached hydrogens (tertiary/aromatic N) is 1. The molecule has 6 nitrogen and oxygen atoms in total. The van der Waals surface area contributed by atoms with Crippen LogP contribution < -0.4 is 5.32 Å². The molecular formula is C20H22N2O4S. The molecule has 27 heavy (non-hydrogen) atoms. The fraction of sp³-hybridized carbons (Fsp3) is 0.450. The number of carboxylic acids is 1. The molecule has 0 radical (unpaired) electrons. The van der Waals surface area contributed by atoms with E-state index >= 15 is 0 Å². The number of benzene rings is 1. The first-order valence-electron chi connectivity index (χ1n) is 9.19. The molecule has 0 aliphatic carbocycles. The molecule has 0 spiro atoms. The third-order valence-corrected chi connectivity index (χ3v) is 6.23. The number of carbonyl (C=O) groups excluding carboxylic acids is 1. The van der Waals surface area contributed by atoms with Crippen LogP contribution >= 0.6 is 11.3 Å². The molecule has 4 rings (SSSR count). The summed E-state index contributed by atoms with van der Waals surface area (Å²) in [7, 11) is 0. The summed E-state index contributed by atoms with van der Waals surface area (Å²) in [5, 5.41) is 14.6. The summed E-state index contributed by atoms with van der Waals surface area (Å²) < 4.78 is 5.66. The molecule has 0 saturated carbocycles. The molecule has 1 aromatic heterocycles. The smallest absolute Gasteiger partial charge is 0.310 e. The quantitative estimate of drug-likeness (QED) is 0.817. The van der Waals surface area contributed by atoms with Crippen molar-refractivity contribution in [1.82, 2.24) is 4.98 Å². The Bertz CT molecular complexity index is 861. The molecule has 2 aromatic rings. The first kappa shape index (κ1) is 18.1. The van der Waals surface area contributed by atoms with Crippen LogP contribution in [0, 0.1) is 11.8 Å². The highest BCUT2D eigenvalue weighted by atomic mass is 32.1. The van der Waals surface area contributed by atoms with E-state index in [0.717, 1.165) is 17.7 Å². The second-order valence-electron chi connectivity index (χ2n) is 7.48. The molecule has 2 fully saturated rings. The summed E-state index contributed by atoms with van der Waals surface area (Å²) in [5.74, 6) is -2.24. The molecule has 2 saturated heterocycles. The Balaban J connectivity index is 1.47. The van der Waals surface area contributed by atoms with Gasteiger partial charge in [0.15, 0.2) is 5.13 Å². The third-order valence-electron chi connectivity index (χ3n) is 5.47. The van der Waals surface area contributed by atoms with Gasteiger partial charge in [-0.05, 0) is 24.3 Å². The average molecular weight is 386 g/mol. The molecule has 2 N–H and O–H groups in total. The number of aromatic nitrogens is 1. The molecule has 4 atom stereocenters. The van der Waals surface area contributed by atoms with Gasteiger partial charge in [0.25, 0.3) is 0 Å². The van der Waals surface area contributed by atoms with Gasteiger partial charge in [-0.15, -0.1) is 11.3 Å². The molecule has 1 amide bonds. The van der Waals surface area contributed by atoms with Gasteiger partial charge in [0.05, 0.1) is 29.7 Å². The standard InChI is InChI=1S/C20H22N2O4S/c1-10(2)11-3-5-12(6-4-11)13-9-27-20(21-13)22-18(23)16-14-7-8-15(26-14)17(16)19(24)25/h3-6,9-10,14-17H,7-8H2,1-2H3,(H,24,25)(H,21,22,23)/t14-,15-,16+,17-/m0/s1. The molecule has 2 aliphatic heterocycles. The number of fused-ring (bicyclic) bond motifs is 2. The number of thiazole rings is 1. The van der Waals surface area contributed by atoms with Crippen molar-refractivity contribution in [2.24, 2.45) is 11.8 Å². The number of amides is 1. The van der Waals surface area contributed by atoms with Crippen molar-refractivity contribution in [3.8, 4) is 11.3 Å². The number of rotatable bonds is 5. The number of nitrogens with one attached hydrogen (secondary N) is 1. The van der Waals surface area contributed by atoms with Crippen molar-refractivity contribution < 1.29 is 19.4 Å². The highest BCUT2D eigenvalue weighted by Crippen LogP contribution is 2.44. The summed E-state index contributed by atoms with van der Waals surface area (Å²) in [6.45, 7) is 4.30. The monoisotopic (exact) mass is 386 g/mol. The van der Waals surface area contributed by atoms with E-state index in [0.29, 0.717) is 17.5 Å². The van der Waals surface area contributed by atoms with E-state index in [-0.39, 0.29) is 18.1 Å². The lowest BCUT2D eigenvalue weighted by molar-refractivity contribution is -0.147. The van der Waals surface area contributed by atoms with Crippen LogP contribution in [0.25, 0.3) is 11.3 Å². The minimum Gasteiger partial charge on any atom is -0.481 e. The van der Waals surface area contributed by atoms with E-state index in [1.807, 2.05) is 17.5 Å². The Kier molecular flexibility index (Phi) is 4.74. The number of hydrogen-bond acceptors (Lipinski definition) is 5. The summed E-state index contributed by atoms with van der Waals surface area (Å²) >= 11 is 1.34. The van der Waals surface area contributed by atoms with E-state index in [1.165, 1.54) is 16.9 Å². The van der Waals surface area contributed by atoms with Crippen LogP contribution in [0.15, 0.2) is 29.6 Å². The summed E-state index contributed by atoms with van der Waals surface area (Å²) in [4.78, 5) is 28.7. The van der Waals surface area contributed by atoms with Crippen molar-refractivity contribution in [2.45, 2.75) is 44.8 Å². The van der Waals surface area contributed by atoms with Crippen LogP contribution in [0.2, 0.25) is 0 Å².